The number of hydrogen-bond donors (Lipinski definition) is 3. The Labute approximate surface area is 256 Å². The van der Waals surface area contributed by atoms with E-state index in [0.717, 1.165) is 26.2 Å². The predicted molar refractivity (Wildman–Crippen MR) is 166 cm³/mol. The summed E-state index contributed by atoms with van der Waals surface area (Å²) in [6, 6.07) is 11.6. The zero-order valence-corrected chi connectivity index (χ0v) is 25.7. The number of aromatic nitrogens is 3. The van der Waals surface area contributed by atoms with Gasteiger partial charge in [0, 0.05) is 62.0 Å². The van der Waals surface area contributed by atoms with Gasteiger partial charge in [0.05, 0.1) is 18.0 Å². The molecule has 1 saturated heterocycles. The van der Waals surface area contributed by atoms with Gasteiger partial charge in [-0.15, -0.1) is 0 Å². The number of ether oxygens (including phenoxy) is 3. The zero-order chi connectivity index (χ0) is 31.3. The number of amides is 2. The third-order valence-electron chi connectivity index (χ3n) is 7.18. The quantitative estimate of drug-likeness (QED) is 0.237. The van der Waals surface area contributed by atoms with Crippen LogP contribution < -0.4 is 24.8 Å². The maximum absolute atomic E-state index is 12.6. The summed E-state index contributed by atoms with van der Waals surface area (Å²) in [6.45, 7) is 10.4. The van der Waals surface area contributed by atoms with E-state index in [1.807, 2.05) is 20.8 Å². The van der Waals surface area contributed by atoms with Crippen molar-refractivity contribution in [2.24, 2.45) is 0 Å². The number of aliphatic hydroxyl groups excluding tert-OH is 1. The number of carbonyl (C=O) groups is 1. The van der Waals surface area contributed by atoms with Crippen molar-refractivity contribution in [1.82, 2.24) is 24.9 Å². The van der Waals surface area contributed by atoms with Crippen LogP contribution in [0.1, 0.15) is 26.5 Å². The summed E-state index contributed by atoms with van der Waals surface area (Å²) >= 11 is 0. The number of rotatable bonds is 10. The molecule has 1 unspecified atom stereocenters. The molecule has 13 heteroatoms. The summed E-state index contributed by atoms with van der Waals surface area (Å²) in [4.78, 5) is 25.8. The highest BCUT2D eigenvalue weighted by atomic mass is 16.5. The number of carbonyl (C=O) groups excluding carboxylic acids is 1. The Morgan fingerprint density at radius 2 is 1.86 bits per heavy atom. The minimum Gasteiger partial charge on any atom is -0.493 e. The van der Waals surface area contributed by atoms with Crippen molar-refractivity contribution >= 4 is 28.4 Å². The smallest absolute Gasteiger partial charge is 0.324 e. The number of nitrogens with zero attached hydrogens (tertiary/aromatic N) is 5. The van der Waals surface area contributed by atoms with Crippen LogP contribution in [-0.4, -0.2) is 95.7 Å². The topological polar surface area (TPSA) is 147 Å². The second kappa shape index (κ2) is 13.5. The minimum atomic E-state index is -0.668. The summed E-state index contributed by atoms with van der Waals surface area (Å²) in [6.07, 6.45) is 0.732. The predicted octanol–water partition coefficient (Wildman–Crippen LogP) is 4.35. The Kier molecular flexibility index (Phi) is 9.47. The lowest BCUT2D eigenvalue weighted by Gasteiger charge is -2.33. The molecule has 5 rings (SSSR count). The second-order valence-electron chi connectivity index (χ2n) is 11.8. The molecule has 234 valence electrons. The van der Waals surface area contributed by atoms with E-state index in [2.05, 4.69) is 42.6 Å². The lowest BCUT2D eigenvalue weighted by molar-refractivity contribution is 0.0498. The largest absolute Gasteiger partial charge is 0.493 e. The van der Waals surface area contributed by atoms with Crippen LogP contribution in [0.5, 0.6) is 23.1 Å². The van der Waals surface area contributed by atoms with Gasteiger partial charge in [0.2, 0.25) is 5.88 Å². The van der Waals surface area contributed by atoms with E-state index in [1.165, 1.54) is 6.33 Å². The first-order valence-electron chi connectivity index (χ1n) is 14.4. The van der Waals surface area contributed by atoms with Gasteiger partial charge in [0.25, 0.3) is 0 Å². The van der Waals surface area contributed by atoms with Crippen molar-refractivity contribution in [2.75, 3.05) is 64.1 Å². The first kappa shape index (κ1) is 31.0. The summed E-state index contributed by atoms with van der Waals surface area (Å²) in [5, 5.41) is 20.6. The van der Waals surface area contributed by atoms with Gasteiger partial charge in [0.1, 0.15) is 30.5 Å². The first-order chi connectivity index (χ1) is 21.1. The van der Waals surface area contributed by atoms with Gasteiger partial charge < -0.3 is 34.1 Å². The number of likely N-dealkylation sites (N-methyl/N-ethyl adjacent to an activating group) is 1. The fourth-order valence-electron chi connectivity index (χ4n) is 4.68. The number of hydrogen-bond acceptors (Lipinski definition) is 11. The van der Waals surface area contributed by atoms with Crippen molar-refractivity contribution in [3.05, 3.63) is 54.6 Å². The van der Waals surface area contributed by atoms with Crippen LogP contribution in [-0.2, 0) is 5.41 Å². The van der Waals surface area contributed by atoms with Crippen LogP contribution in [0.3, 0.4) is 0 Å². The molecule has 2 aromatic heterocycles. The van der Waals surface area contributed by atoms with Gasteiger partial charge in [-0.3, -0.25) is 10.2 Å². The number of fused-ring (bicyclic) bond motifs is 1. The average Bonchev–Trinajstić information content (AvgIpc) is 3.46. The number of methoxy groups -OCH3 is 1. The molecule has 4 aromatic rings. The number of aliphatic hydroxyl groups is 1. The molecule has 0 aliphatic carbocycles. The van der Waals surface area contributed by atoms with E-state index < -0.39 is 12.1 Å². The number of benzene rings is 2. The maximum atomic E-state index is 12.6. The van der Waals surface area contributed by atoms with Gasteiger partial charge in [0.15, 0.2) is 17.3 Å². The molecule has 0 saturated carbocycles. The summed E-state index contributed by atoms with van der Waals surface area (Å²) in [5.41, 5.74) is 0.857. The molecule has 0 radical (unpaired) electrons. The Balaban J connectivity index is 1.26. The highest BCUT2D eigenvalue weighted by molar-refractivity contribution is 5.99. The van der Waals surface area contributed by atoms with Crippen molar-refractivity contribution in [2.45, 2.75) is 32.3 Å². The fraction of sp³-hybridized carbons (Fsp3) is 0.419. The molecule has 3 N–H and O–H groups in total. The van der Waals surface area contributed by atoms with Crippen LogP contribution >= 0.6 is 0 Å². The molecule has 2 amide bonds. The van der Waals surface area contributed by atoms with Crippen LogP contribution in [0.25, 0.3) is 10.9 Å². The SMILES string of the molecule is COc1cc2ncnc(Oc3cccc(NC(=O)Nc4cc(C(C)(C)C)on4)c3)c2cc1OCC(O)CN1CCN(C)CC1. The van der Waals surface area contributed by atoms with Gasteiger partial charge in [-0.1, -0.05) is 32.0 Å². The maximum Gasteiger partial charge on any atom is 0.324 e. The van der Waals surface area contributed by atoms with Gasteiger partial charge in [-0.05, 0) is 25.2 Å². The van der Waals surface area contributed by atoms with Gasteiger partial charge in [-0.25, -0.2) is 14.8 Å². The fourth-order valence-corrected chi connectivity index (χ4v) is 4.68. The Morgan fingerprint density at radius 3 is 2.59 bits per heavy atom. The Hall–Kier alpha value is -4.46. The molecule has 0 bridgehead atoms. The monoisotopic (exact) mass is 605 g/mol. The third-order valence-corrected chi connectivity index (χ3v) is 7.18. The van der Waals surface area contributed by atoms with Crippen molar-refractivity contribution in [3.63, 3.8) is 0 Å². The standard InChI is InChI=1S/C31H39N7O6/c1-31(2,3)27-16-28(36-44-27)35-30(40)34-20-7-6-8-22(13-20)43-29-23-14-26(25(41-5)15-24(23)32-19-33-29)42-18-21(39)17-38-11-9-37(4)10-12-38/h6-8,13-16,19,21,39H,9-12,17-18H2,1-5H3,(H2,34,35,36,40). The third kappa shape index (κ3) is 7.92. The number of nitrogens with one attached hydrogen (secondary N) is 2. The van der Waals surface area contributed by atoms with E-state index in [4.69, 9.17) is 18.7 Å². The molecular formula is C31H39N7O6. The molecular weight excluding hydrogens is 566 g/mol. The van der Waals surface area contributed by atoms with Gasteiger partial charge in [-0.2, -0.15) is 0 Å². The first-order valence-corrected chi connectivity index (χ1v) is 14.4. The van der Waals surface area contributed by atoms with Crippen molar-refractivity contribution < 1.29 is 28.6 Å². The minimum absolute atomic E-state index is 0.0969. The molecule has 1 aliphatic rings. The second-order valence-corrected chi connectivity index (χ2v) is 11.8. The highest BCUT2D eigenvalue weighted by Gasteiger charge is 2.21. The normalized spacial score (nSPS) is 15.1. The van der Waals surface area contributed by atoms with E-state index in [-0.39, 0.29) is 12.0 Å². The lowest BCUT2D eigenvalue weighted by Crippen LogP contribution is -2.47. The van der Waals surface area contributed by atoms with E-state index in [9.17, 15) is 9.90 Å². The number of urea groups is 1. The van der Waals surface area contributed by atoms with Crippen molar-refractivity contribution in [3.8, 4) is 23.1 Å². The summed E-state index contributed by atoms with van der Waals surface area (Å²) in [7, 11) is 3.65. The van der Waals surface area contributed by atoms with E-state index in [1.54, 1.807) is 49.6 Å². The van der Waals surface area contributed by atoms with Crippen LogP contribution in [0.4, 0.5) is 16.3 Å². The summed E-state index contributed by atoms with van der Waals surface area (Å²) < 4.78 is 23.0. The highest BCUT2D eigenvalue weighted by Crippen LogP contribution is 2.36. The lowest BCUT2D eigenvalue weighted by atomic mass is 9.93. The Morgan fingerprint density at radius 1 is 1.07 bits per heavy atom. The molecule has 1 fully saturated rings. The van der Waals surface area contributed by atoms with Crippen molar-refractivity contribution in [1.29, 1.82) is 0 Å². The number of β-amino-alcohol motifs (C(OH)–C–C–N with tert-alkyl or cyclic N) is 1. The average molecular weight is 606 g/mol. The van der Waals surface area contributed by atoms with Crippen LogP contribution in [0, 0.1) is 0 Å². The van der Waals surface area contributed by atoms with Crippen LogP contribution in [0.15, 0.2) is 53.3 Å². The molecule has 2 aromatic carbocycles. The molecule has 3 heterocycles. The Bertz CT molecular complexity index is 1580. The molecule has 1 atom stereocenters. The van der Waals surface area contributed by atoms with E-state index in [0.29, 0.717) is 57.8 Å². The zero-order valence-electron chi connectivity index (χ0n) is 25.7. The number of anilines is 2. The van der Waals surface area contributed by atoms with Crippen LogP contribution in [0.2, 0.25) is 0 Å². The van der Waals surface area contributed by atoms with E-state index >= 15 is 0 Å². The molecule has 1 aliphatic heterocycles. The molecule has 13 nitrogen and oxygen atoms in total. The van der Waals surface area contributed by atoms with Gasteiger partial charge >= 0.3 is 6.03 Å². The molecule has 0 spiro atoms. The number of piperazine rings is 1. The molecule has 44 heavy (non-hydrogen) atoms. The summed E-state index contributed by atoms with van der Waals surface area (Å²) in [5.74, 6) is 2.62.